The van der Waals surface area contributed by atoms with Gasteiger partial charge in [0.15, 0.2) is 17.5 Å². The van der Waals surface area contributed by atoms with Gasteiger partial charge >= 0.3 is 6.61 Å². The molecule has 0 bridgehead atoms. The number of ether oxygens (including phenoxy) is 2. The zero-order valence-corrected chi connectivity index (χ0v) is 15.8. The highest BCUT2D eigenvalue weighted by Crippen LogP contribution is 2.30. The van der Waals surface area contributed by atoms with Crippen molar-refractivity contribution in [2.75, 3.05) is 33.0 Å². The van der Waals surface area contributed by atoms with Crippen LogP contribution in [0.4, 0.5) is 8.78 Å². The van der Waals surface area contributed by atoms with Crippen LogP contribution in [-0.4, -0.2) is 55.2 Å². The molecular weight excluding hydrogens is 348 g/mol. The lowest BCUT2D eigenvalue weighted by atomic mass is 10.2. The summed E-state index contributed by atoms with van der Waals surface area (Å²) in [6.07, 6.45) is 0. The molecule has 5 nitrogen and oxygen atoms in total. The van der Waals surface area contributed by atoms with E-state index >= 15 is 0 Å². The predicted molar refractivity (Wildman–Crippen MR) is 97.9 cm³/mol. The van der Waals surface area contributed by atoms with Gasteiger partial charge in [0, 0.05) is 37.2 Å². The molecular formula is C17H25F2N3O2S. The quantitative estimate of drug-likeness (QED) is 0.634. The maximum absolute atomic E-state index is 12.5. The highest BCUT2D eigenvalue weighted by molar-refractivity contribution is 8.00. The number of hydrogen-bond donors (Lipinski definition) is 1. The summed E-state index contributed by atoms with van der Waals surface area (Å²) >= 11 is 1.95. The second-order valence-corrected chi connectivity index (χ2v) is 8.10. The molecule has 0 spiro atoms. The molecule has 0 aliphatic carbocycles. The second kappa shape index (κ2) is 8.60. The molecule has 1 aliphatic rings. The summed E-state index contributed by atoms with van der Waals surface area (Å²) in [5.41, 5.74) is 0.809. The molecule has 1 heterocycles. The van der Waals surface area contributed by atoms with Crippen molar-refractivity contribution in [1.82, 2.24) is 10.2 Å². The Labute approximate surface area is 151 Å². The van der Waals surface area contributed by atoms with Crippen molar-refractivity contribution in [3.63, 3.8) is 0 Å². The van der Waals surface area contributed by atoms with Gasteiger partial charge in [0.25, 0.3) is 0 Å². The van der Waals surface area contributed by atoms with Crippen LogP contribution in [0.15, 0.2) is 23.2 Å². The smallest absolute Gasteiger partial charge is 0.387 e. The summed E-state index contributed by atoms with van der Waals surface area (Å²) in [7, 11) is 3.17. The maximum Gasteiger partial charge on any atom is 0.387 e. The Morgan fingerprint density at radius 1 is 1.40 bits per heavy atom. The average molecular weight is 373 g/mol. The Bertz CT molecular complexity index is 612. The molecule has 2 rings (SSSR count). The SMILES string of the molecule is CN=C(NCc1ccc(OC)c(OC(F)F)c1)N1CCSC(C)(C)C1. The van der Waals surface area contributed by atoms with Crippen LogP contribution in [0.25, 0.3) is 0 Å². The summed E-state index contributed by atoms with van der Waals surface area (Å²) in [6, 6.07) is 4.99. The van der Waals surface area contributed by atoms with Crippen LogP contribution in [0.5, 0.6) is 11.5 Å². The normalized spacial score (nSPS) is 17.6. The number of aliphatic imine (C=N–C) groups is 1. The van der Waals surface area contributed by atoms with E-state index < -0.39 is 6.61 Å². The first-order chi connectivity index (χ1) is 11.8. The van der Waals surface area contributed by atoms with Gasteiger partial charge < -0.3 is 19.7 Å². The molecule has 25 heavy (non-hydrogen) atoms. The van der Waals surface area contributed by atoms with Gasteiger partial charge in [0.05, 0.1) is 7.11 Å². The van der Waals surface area contributed by atoms with E-state index in [0.29, 0.717) is 6.54 Å². The van der Waals surface area contributed by atoms with Gasteiger partial charge in [-0.15, -0.1) is 0 Å². The van der Waals surface area contributed by atoms with Crippen LogP contribution in [0, 0.1) is 0 Å². The number of halogens is 2. The van der Waals surface area contributed by atoms with E-state index in [2.05, 4.69) is 33.8 Å². The van der Waals surface area contributed by atoms with Crippen LogP contribution in [0.3, 0.4) is 0 Å². The number of guanidine groups is 1. The first-order valence-corrected chi connectivity index (χ1v) is 9.04. The second-order valence-electron chi connectivity index (χ2n) is 6.29. The number of benzene rings is 1. The van der Waals surface area contributed by atoms with E-state index in [1.54, 1.807) is 19.2 Å². The van der Waals surface area contributed by atoms with Crippen LogP contribution in [0.1, 0.15) is 19.4 Å². The third-order valence-electron chi connectivity index (χ3n) is 3.83. The van der Waals surface area contributed by atoms with Gasteiger partial charge in [-0.05, 0) is 31.5 Å². The Morgan fingerprint density at radius 3 is 2.76 bits per heavy atom. The van der Waals surface area contributed by atoms with Crippen LogP contribution >= 0.6 is 11.8 Å². The molecule has 0 atom stereocenters. The van der Waals surface area contributed by atoms with Crippen molar-refractivity contribution >= 4 is 17.7 Å². The lowest BCUT2D eigenvalue weighted by molar-refractivity contribution is -0.0512. The van der Waals surface area contributed by atoms with Crippen molar-refractivity contribution in [1.29, 1.82) is 0 Å². The van der Waals surface area contributed by atoms with Crippen molar-refractivity contribution in [3.8, 4) is 11.5 Å². The fourth-order valence-electron chi connectivity index (χ4n) is 2.73. The molecule has 1 aliphatic heterocycles. The Kier molecular flexibility index (Phi) is 6.75. The molecule has 0 saturated carbocycles. The number of rotatable bonds is 5. The largest absolute Gasteiger partial charge is 0.493 e. The lowest BCUT2D eigenvalue weighted by Gasteiger charge is -2.39. The van der Waals surface area contributed by atoms with Gasteiger partial charge in [-0.2, -0.15) is 20.5 Å². The first-order valence-electron chi connectivity index (χ1n) is 8.06. The van der Waals surface area contributed by atoms with Crippen molar-refractivity contribution in [2.24, 2.45) is 4.99 Å². The first kappa shape index (κ1) is 19.6. The molecule has 1 aromatic rings. The molecule has 1 N–H and O–H groups in total. The average Bonchev–Trinajstić information content (AvgIpc) is 2.54. The monoisotopic (exact) mass is 373 g/mol. The fraction of sp³-hybridized carbons (Fsp3) is 0.588. The van der Waals surface area contributed by atoms with Gasteiger partial charge in [0.1, 0.15) is 0 Å². The summed E-state index contributed by atoms with van der Waals surface area (Å²) in [5.74, 6) is 2.16. The number of thioether (sulfide) groups is 1. The zero-order valence-electron chi connectivity index (χ0n) is 15.0. The highest BCUT2D eigenvalue weighted by Gasteiger charge is 2.28. The van der Waals surface area contributed by atoms with E-state index in [4.69, 9.17) is 4.74 Å². The van der Waals surface area contributed by atoms with Gasteiger partial charge in [-0.1, -0.05) is 6.07 Å². The summed E-state index contributed by atoms with van der Waals surface area (Å²) < 4.78 is 34.8. The fourth-order valence-corrected chi connectivity index (χ4v) is 3.84. The third-order valence-corrected chi connectivity index (χ3v) is 5.13. The number of methoxy groups -OCH3 is 1. The molecule has 0 radical (unpaired) electrons. The molecule has 8 heteroatoms. The van der Waals surface area contributed by atoms with Crippen LogP contribution < -0.4 is 14.8 Å². The van der Waals surface area contributed by atoms with E-state index in [1.807, 2.05) is 17.8 Å². The van der Waals surface area contributed by atoms with E-state index in [1.165, 1.54) is 7.11 Å². The Hall–Kier alpha value is -1.70. The Morgan fingerprint density at radius 2 is 2.16 bits per heavy atom. The summed E-state index contributed by atoms with van der Waals surface area (Å²) in [6.45, 7) is 3.83. The summed E-state index contributed by atoms with van der Waals surface area (Å²) in [5, 5.41) is 3.29. The number of alkyl halides is 2. The minimum atomic E-state index is -2.89. The van der Waals surface area contributed by atoms with E-state index in [-0.39, 0.29) is 16.2 Å². The van der Waals surface area contributed by atoms with Crippen molar-refractivity contribution < 1.29 is 18.3 Å². The third kappa shape index (κ3) is 5.66. The molecule has 0 aromatic heterocycles. The standard InChI is InChI=1S/C17H25F2N3O2S/c1-17(2)11-22(7-8-25-17)16(20-3)21-10-12-5-6-13(23-4)14(9-12)24-15(18)19/h5-6,9,15H,7-8,10-11H2,1-4H3,(H,20,21). The van der Waals surface area contributed by atoms with E-state index in [0.717, 1.165) is 30.4 Å². The van der Waals surface area contributed by atoms with Gasteiger partial charge in [-0.3, -0.25) is 4.99 Å². The van der Waals surface area contributed by atoms with E-state index in [9.17, 15) is 8.78 Å². The minimum Gasteiger partial charge on any atom is -0.493 e. The molecule has 1 aromatic carbocycles. The predicted octanol–water partition coefficient (Wildman–Crippen LogP) is 3.20. The molecule has 1 fully saturated rings. The maximum atomic E-state index is 12.5. The number of hydrogen-bond acceptors (Lipinski definition) is 4. The molecule has 0 amide bonds. The topological polar surface area (TPSA) is 46.1 Å². The van der Waals surface area contributed by atoms with Crippen LogP contribution in [-0.2, 0) is 6.54 Å². The molecule has 1 saturated heterocycles. The summed E-state index contributed by atoms with van der Waals surface area (Å²) in [4.78, 5) is 6.56. The lowest BCUT2D eigenvalue weighted by Crippen LogP contribution is -2.50. The number of nitrogens with zero attached hydrogens (tertiary/aromatic N) is 2. The van der Waals surface area contributed by atoms with Crippen LogP contribution in [0.2, 0.25) is 0 Å². The van der Waals surface area contributed by atoms with Crippen molar-refractivity contribution in [3.05, 3.63) is 23.8 Å². The molecule has 0 unspecified atom stereocenters. The molecule has 140 valence electrons. The van der Waals surface area contributed by atoms with Gasteiger partial charge in [-0.25, -0.2) is 0 Å². The van der Waals surface area contributed by atoms with Crippen molar-refractivity contribution in [2.45, 2.75) is 31.8 Å². The Balaban J connectivity index is 2.04. The minimum absolute atomic E-state index is 0.0299. The number of nitrogens with one attached hydrogen (secondary N) is 1. The zero-order chi connectivity index (χ0) is 18.4. The highest BCUT2D eigenvalue weighted by atomic mass is 32.2. The van der Waals surface area contributed by atoms with Gasteiger partial charge in [0.2, 0.25) is 0 Å².